The Labute approximate surface area is 111 Å². The molecule has 3 heteroatoms. The minimum absolute atomic E-state index is 0.138. The van der Waals surface area contributed by atoms with Crippen LogP contribution in [0.2, 0.25) is 0 Å². The van der Waals surface area contributed by atoms with E-state index in [1.807, 2.05) is 0 Å². The van der Waals surface area contributed by atoms with Gasteiger partial charge in [0.05, 0.1) is 0 Å². The maximum Gasteiger partial charge on any atom is 0.223 e. The highest BCUT2D eigenvalue weighted by molar-refractivity contribution is 5.79. The molecule has 2 rings (SSSR count). The number of rotatable bonds is 1. The van der Waals surface area contributed by atoms with Gasteiger partial charge in [0.2, 0.25) is 5.91 Å². The summed E-state index contributed by atoms with van der Waals surface area (Å²) < 4.78 is 0. The summed E-state index contributed by atoms with van der Waals surface area (Å²) in [6, 6.07) is 0. The lowest BCUT2D eigenvalue weighted by Crippen LogP contribution is -2.59. The van der Waals surface area contributed by atoms with Crippen molar-refractivity contribution in [3.05, 3.63) is 0 Å². The molecule has 2 aliphatic rings. The van der Waals surface area contributed by atoms with E-state index in [0.717, 1.165) is 32.2 Å². The van der Waals surface area contributed by atoms with E-state index in [2.05, 4.69) is 38.3 Å². The SMILES string of the molecule is CC1(C)CC(C2CCCCNC2=O)CC(C)(C)N1. The molecule has 0 saturated carbocycles. The van der Waals surface area contributed by atoms with Gasteiger partial charge in [-0.25, -0.2) is 0 Å². The molecule has 0 spiro atoms. The zero-order valence-corrected chi connectivity index (χ0v) is 12.3. The van der Waals surface area contributed by atoms with Crippen LogP contribution in [0.3, 0.4) is 0 Å². The van der Waals surface area contributed by atoms with Gasteiger partial charge < -0.3 is 10.6 Å². The third-order valence-electron chi connectivity index (χ3n) is 4.37. The summed E-state index contributed by atoms with van der Waals surface area (Å²) in [7, 11) is 0. The van der Waals surface area contributed by atoms with Crippen LogP contribution in [0, 0.1) is 11.8 Å². The minimum Gasteiger partial charge on any atom is -0.356 e. The number of hydrogen-bond acceptors (Lipinski definition) is 2. The largest absolute Gasteiger partial charge is 0.356 e. The Morgan fingerprint density at radius 3 is 2.28 bits per heavy atom. The number of amides is 1. The molecule has 2 aliphatic heterocycles. The lowest BCUT2D eigenvalue weighted by Gasteiger charge is -2.48. The summed E-state index contributed by atoms with van der Waals surface area (Å²) in [6.45, 7) is 9.91. The predicted octanol–water partition coefficient (Wildman–Crippen LogP) is 2.46. The molecule has 0 aliphatic carbocycles. The van der Waals surface area contributed by atoms with E-state index in [1.165, 1.54) is 6.42 Å². The third kappa shape index (κ3) is 3.25. The van der Waals surface area contributed by atoms with Crippen LogP contribution in [0.25, 0.3) is 0 Å². The van der Waals surface area contributed by atoms with Gasteiger partial charge in [-0.1, -0.05) is 6.42 Å². The molecule has 0 radical (unpaired) electrons. The summed E-state index contributed by atoms with van der Waals surface area (Å²) >= 11 is 0. The van der Waals surface area contributed by atoms with Crippen LogP contribution in [0.5, 0.6) is 0 Å². The van der Waals surface area contributed by atoms with Crippen molar-refractivity contribution in [2.24, 2.45) is 11.8 Å². The van der Waals surface area contributed by atoms with Crippen molar-refractivity contribution in [2.75, 3.05) is 6.54 Å². The third-order valence-corrected chi connectivity index (χ3v) is 4.37. The van der Waals surface area contributed by atoms with E-state index in [-0.39, 0.29) is 17.0 Å². The first kappa shape index (κ1) is 13.9. The Bertz CT molecular complexity index is 306. The van der Waals surface area contributed by atoms with Crippen molar-refractivity contribution in [3.63, 3.8) is 0 Å². The summed E-state index contributed by atoms with van der Waals surface area (Å²) in [4.78, 5) is 12.2. The highest BCUT2D eigenvalue weighted by Gasteiger charge is 2.42. The molecule has 104 valence electrons. The maximum absolute atomic E-state index is 12.2. The molecular formula is C15H28N2O. The van der Waals surface area contributed by atoms with Crippen molar-refractivity contribution in [1.29, 1.82) is 0 Å². The van der Waals surface area contributed by atoms with Gasteiger partial charge in [0.25, 0.3) is 0 Å². The predicted molar refractivity (Wildman–Crippen MR) is 74.4 cm³/mol. The summed E-state index contributed by atoms with van der Waals surface area (Å²) in [6.07, 6.45) is 5.61. The van der Waals surface area contributed by atoms with Crippen molar-refractivity contribution in [2.45, 2.75) is 70.9 Å². The van der Waals surface area contributed by atoms with Gasteiger partial charge in [0, 0.05) is 23.5 Å². The number of piperidine rings is 1. The highest BCUT2D eigenvalue weighted by atomic mass is 16.1. The van der Waals surface area contributed by atoms with Gasteiger partial charge in [0.1, 0.15) is 0 Å². The summed E-state index contributed by atoms with van der Waals surface area (Å²) in [5.41, 5.74) is 0.276. The Balaban J connectivity index is 2.13. The van der Waals surface area contributed by atoms with E-state index in [1.54, 1.807) is 0 Å². The Kier molecular flexibility index (Phi) is 3.72. The topological polar surface area (TPSA) is 41.1 Å². The Morgan fingerprint density at radius 1 is 1.06 bits per heavy atom. The molecule has 0 aromatic carbocycles. The van der Waals surface area contributed by atoms with Crippen molar-refractivity contribution < 1.29 is 4.79 Å². The molecule has 0 bridgehead atoms. The fourth-order valence-electron chi connectivity index (χ4n) is 4.10. The molecule has 2 N–H and O–H groups in total. The molecule has 0 aromatic heterocycles. The monoisotopic (exact) mass is 252 g/mol. The zero-order chi connectivity index (χ0) is 13.4. The number of carbonyl (C=O) groups is 1. The van der Waals surface area contributed by atoms with Gasteiger partial charge in [0.15, 0.2) is 0 Å². The van der Waals surface area contributed by atoms with E-state index < -0.39 is 0 Å². The summed E-state index contributed by atoms with van der Waals surface area (Å²) in [5, 5.41) is 6.79. The second kappa shape index (κ2) is 4.84. The van der Waals surface area contributed by atoms with E-state index in [0.29, 0.717) is 11.8 Å². The fourth-order valence-corrected chi connectivity index (χ4v) is 4.10. The molecule has 1 atom stereocenters. The molecule has 3 nitrogen and oxygen atoms in total. The highest BCUT2D eigenvalue weighted by Crippen LogP contribution is 2.39. The van der Waals surface area contributed by atoms with Crippen LogP contribution in [-0.4, -0.2) is 23.5 Å². The molecule has 0 aromatic rings. The molecule has 18 heavy (non-hydrogen) atoms. The molecule has 2 saturated heterocycles. The molecule has 1 amide bonds. The average Bonchev–Trinajstić information content (AvgIpc) is 2.37. The van der Waals surface area contributed by atoms with E-state index in [4.69, 9.17) is 0 Å². The molecule has 2 fully saturated rings. The van der Waals surface area contributed by atoms with Gasteiger partial charge in [-0.05, 0) is 59.3 Å². The minimum atomic E-state index is 0.138. The Morgan fingerprint density at radius 2 is 1.67 bits per heavy atom. The molecule has 1 unspecified atom stereocenters. The van der Waals surface area contributed by atoms with Gasteiger partial charge in [-0.3, -0.25) is 4.79 Å². The van der Waals surface area contributed by atoms with Crippen LogP contribution in [-0.2, 0) is 4.79 Å². The first-order chi connectivity index (χ1) is 8.29. The van der Waals surface area contributed by atoms with Gasteiger partial charge in [-0.15, -0.1) is 0 Å². The van der Waals surface area contributed by atoms with Crippen molar-refractivity contribution in [1.82, 2.24) is 10.6 Å². The zero-order valence-electron chi connectivity index (χ0n) is 12.3. The van der Waals surface area contributed by atoms with Crippen LogP contribution in [0.1, 0.15) is 59.8 Å². The molecular weight excluding hydrogens is 224 g/mol. The first-order valence-corrected chi connectivity index (χ1v) is 7.36. The lowest BCUT2D eigenvalue weighted by atomic mass is 9.69. The van der Waals surface area contributed by atoms with E-state index in [9.17, 15) is 4.79 Å². The first-order valence-electron chi connectivity index (χ1n) is 7.36. The smallest absolute Gasteiger partial charge is 0.223 e. The second-order valence-corrected chi connectivity index (χ2v) is 7.45. The maximum atomic E-state index is 12.2. The van der Waals surface area contributed by atoms with Crippen LogP contribution in [0.4, 0.5) is 0 Å². The quantitative estimate of drug-likeness (QED) is 0.752. The fraction of sp³-hybridized carbons (Fsp3) is 0.933. The average molecular weight is 252 g/mol. The number of carbonyl (C=O) groups excluding carboxylic acids is 1. The lowest BCUT2D eigenvalue weighted by molar-refractivity contribution is -0.127. The standard InChI is InChI=1S/C15H28N2O/c1-14(2)9-11(10-15(3,4)17-14)12-7-5-6-8-16-13(12)18/h11-12,17H,5-10H2,1-4H3,(H,16,18). The van der Waals surface area contributed by atoms with Crippen LogP contribution in [0.15, 0.2) is 0 Å². The summed E-state index contributed by atoms with van der Waals surface area (Å²) in [5.74, 6) is 1.05. The van der Waals surface area contributed by atoms with Gasteiger partial charge in [-0.2, -0.15) is 0 Å². The normalized spacial score (nSPS) is 32.7. The Hall–Kier alpha value is -0.570. The van der Waals surface area contributed by atoms with Crippen LogP contribution < -0.4 is 10.6 Å². The van der Waals surface area contributed by atoms with Crippen molar-refractivity contribution >= 4 is 5.91 Å². The number of hydrogen-bond donors (Lipinski definition) is 2. The number of nitrogens with one attached hydrogen (secondary N) is 2. The van der Waals surface area contributed by atoms with E-state index >= 15 is 0 Å². The second-order valence-electron chi connectivity index (χ2n) is 7.45. The van der Waals surface area contributed by atoms with Gasteiger partial charge >= 0.3 is 0 Å². The van der Waals surface area contributed by atoms with Crippen molar-refractivity contribution in [3.8, 4) is 0 Å². The van der Waals surface area contributed by atoms with Crippen LogP contribution >= 0.6 is 0 Å². The molecule has 2 heterocycles.